The summed E-state index contributed by atoms with van der Waals surface area (Å²) in [5, 5.41) is 3.55. The van der Waals surface area contributed by atoms with E-state index in [9.17, 15) is 4.79 Å². The number of nitrogens with two attached hydrogens (primary N) is 1. The van der Waals surface area contributed by atoms with Crippen LogP contribution in [0, 0.1) is 0 Å². The van der Waals surface area contributed by atoms with Gasteiger partial charge in [-0.25, -0.2) is 9.97 Å². The minimum absolute atomic E-state index is 0.290. The first-order valence-electron chi connectivity index (χ1n) is 7.73. The third kappa shape index (κ3) is 3.19. The first-order valence-corrected chi connectivity index (χ1v) is 8.11. The van der Waals surface area contributed by atoms with Gasteiger partial charge in [-0.3, -0.25) is 4.79 Å². The molecule has 0 saturated carbocycles. The second-order valence-electron chi connectivity index (χ2n) is 5.36. The number of primary amides is 1. The van der Waals surface area contributed by atoms with Crippen molar-refractivity contribution < 1.29 is 4.79 Å². The molecule has 0 saturated heterocycles. The van der Waals surface area contributed by atoms with E-state index >= 15 is 0 Å². The molecule has 0 radical (unpaired) electrons. The van der Waals surface area contributed by atoms with E-state index in [1.807, 2.05) is 18.2 Å². The molecule has 0 aliphatic heterocycles. The third-order valence-corrected chi connectivity index (χ3v) is 4.10. The van der Waals surface area contributed by atoms with E-state index in [4.69, 9.17) is 17.3 Å². The number of carbonyl (C=O) groups is 1. The Bertz CT molecular complexity index is 890. The summed E-state index contributed by atoms with van der Waals surface area (Å²) < 4.78 is 2.20. The molecule has 1 aromatic carbocycles. The number of rotatable bonds is 6. The van der Waals surface area contributed by atoms with Gasteiger partial charge in [0.1, 0.15) is 11.6 Å². The van der Waals surface area contributed by atoms with Gasteiger partial charge < -0.3 is 15.6 Å². The Morgan fingerprint density at radius 3 is 2.88 bits per heavy atom. The minimum Gasteiger partial charge on any atom is -0.368 e. The summed E-state index contributed by atoms with van der Waals surface area (Å²) >= 11 is 6.12. The normalized spacial score (nSPS) is 10.9. The highest BCUT2D eigenvalue weighted by Gasteiger charge is 2.10. The highest BCUT2D eigenvalue weighted by atomic mass is 35.5. The van der Waals surface area contributed by atoms with Gasteiger partial charge in [-0.15, -0.1) is 0 Å². The van der Waals surface area contributed by atoms with Crippen LogP contribution in [0.1, 0.15) is 23.1 Å². The van der Waals surface area contributed by atoms with Crippen LogP contribution in [0.15, 0.2) is 36.5 Å². The monoisotopic (exact) mass is 343 g/mol. The molecule has 3 N–H and O–H groups in total. The zero-order valence-corrected chi connectivity index (χ0v) is 14.0. The molecule has 0 spiro atoms. The molecule has 0 fully saturated rings. The van der Waals surface area contributed by atoms with E-state index in [-0.39, 0.29) is 0 Å². The Labute approximate surface area is 144 Å². The number of hydrogen-bond acceptors (Lipinski definition) is 4. The van der Waals surface area contributed by atoms with Gasteiger partial charge >= 0.3 is 0 Å². The number of pyridine rings is 1. The quantitative estimate of drug-likeness (QED) is 0.720. The number of carbonyl (C=O) groups excluding carboxylic acids is 1. The maximum absolute atomic E-state index is 11.1. The molecule has 24 heavy (non-hydrogen) atoms. The summed E-state index contributed by atoms with van der Waals surface area (Å²) in [5.74, 6) is 0.990. The molecule has 0 atom stereocenters. The van der Waals surface area contributed by atoms with Crippen LogP contribution in [0.2, 0.25) is 5.02 Å². The average molecular weight is 344 g/mol. The van der Waals surface area contributed by atoms with Gasteiger partial charge in [0.25, 0.3) is 0 Å². The number of benzene rings is 1. The topological polar surface area (TPSA) is 85.8 Å². The molecule has 2 heterocycles. The lowest BCUT2D eigenvalue weighted by atomic mass is 10.2. The van der Waals surface area contributed by atoms with Crippen molar-refractivity contribution in [2.45, 2.75) is 19.9 Å². The maximum Gasteiger partial charge on any atom is 0.250 e. The number of para-hydroxylation sites is 2. The third-order valence-electron chi connectivity index (χ3n) is 3.82. The molecule has 1 amide bonds. The average Bonchev–Trinajstić information content (AvgIpc) is 2.93. The molecular weight excluding hydrogens is 326 g/mol. The van der Waals surface area contributed by atoms with Crippen LogP contribution in [0.5, 0.6) is 0 Å². The van der Waals surface area contributed by atoms with Crippen LogP contribution in [0.25, 0.3) is 11.0 Å². The minimum atomic E-state index is -0.549. The molecule has 0 aliphatic rings. The number of fused-ring (bicyclic) bond motifs is 1. The lowest BCUT2D eigenvalue weighted by Gasteiger charge is -2.09. The van der Waals surface area contributed by atoms with Gasteiger partial charge in [0, 0.05) is 25.7 Å². The summed E-state index contributed by atoms with van der Waals surface area (Å²) in [4.78, 5) is 19.9. The number of nitrogens with zero attached hydrogens (tertiary/aromatic N) is 3. The molecule has 3 aromatic rings. The Kier molecular flexibility index (Phi) is 4.66. The highest BCUT2D eigenvalue weighted by Crippen LogP contribution is 2.20. The number of hydrogen-bond donors (Lipinski definition) is 2. The van der Waals surface area contributed by atoms with E-state index in [0.29, 0.717) is 22.9 Å². The maximum atomic E-state index is 11.1. The number of aromatic nitrogens is 3. The van der Waals surface area contributed by atoms with E-state index in [0.717, 1.165) is 29.8 Å². The van der Waals surface area contributed by atoms with Crippen molar-refractivity contribution in [1.29, 1.82) is 0 Å². The number of nitrogens with one attached hydrogen (secondary N) is 1. The number of halogens is 1. The molecule has 0 bridgehead atoms. The first kappa shape index (κ1) is 16.3. The molecule has 124 valence electrons. The van der Waals surface area contributed by atoms with Gasteiger partial charge in [-0.05, 0) is 25.1 Å². The van der Waals surface area contributed by atoms with Gasteiger partial charge in [-0.1, -0.05) is 23.7 Å². The van der Waals surface area contributed by atoms with Crippen LogP contribution in [-0.4, -0.2) is 27.0 Å². The summed E-state index contributed by atoms with van der Waals surface area (Å²) in [7, 11) is 0. The molecule has 0 aliphatic carbocycles. The second-order valence-corrected chi connectivity index (χ2v) is 5.76. The van der Waals surface area contributed by atoms with Crippen molar-refractivity contribution in [3.63, 3.8) is 0 Å². The van der Waals surface area contributed by atoms with Gasteiger partial charge in [0.05, 0.1) is 21.6 Å². The molecular formula is C17H18ClN5O. The number of amides is 1. The summed E-state index contributed by atoms with van der Waals surface area (Å²) in [6, 6.07) is 9.60. The van der Waals surface area contributed by atoms with Crippen molar-refractivity contribution in [3.8, 4) is 0 Å². The van der Waals surface area contributed by atoms with Crippen molar-refractivity contribution >= 4 is 34.4 Å². The predicted molar refractivity (Wildman–Crippen MR) is 95.4 cm³/mol. The largest absolute Gasteiger partial charge is 0.368 e. The molecule has 3 rings (SSSR count). The van der Waals surface area contributed by atoms with E-state index < -0.39 is 5.91 Å². The fourth-order valence-electron chi connectivity index (χ4n) is 2.66. The van der Waals surface area contributed by atoms with Gasteiger partial charge in [0.15, 0.2) is 0 Å². The highest BCUT2D eigenvalue weighted by molar-refractivity contribution is 6.33. The Morgan fingerprint density at radius 2 is 2.17 bits per heavy atom. The van der Waals surface area contributed by atoms with Crippen molar-refractivity contribution in [2.24, 2.45) is 5.73 Å². The van der Waals surface area contributed by atoms with E-state index in [1.54, 1.807) is 0 Å². The van der Waals surface area contributed by atoms with Crippen molar-refractivity contribution in [2.75, 3.05) is 11.9 Å². The van der Waals surface area contributed by atoms with Crippen LogP contribution in [0.4, 0.5) is 5.82 Å². The van der Waals surface area contributed by atoms with Crippen LogP contribution >= 0.6 is 11.6 Å². The lowest BCUT2D eigenvalue weighted by Crippen LogP contribution is -2.13. The van der Waals surface area contributed by atoms with E-state index in [2.05, 4.69) is 32.8 Å². The Hall–Kier alpha value is -2.60. The Balaban J connectivity index is 1.72. The molecule has 6 nitrogen and oxygen atoms in total. The first-order chi connectivity index (χ1) is 11.6. The Morgan fingerprint density at radius 1 is 1.38 bits per heavy atom. The number of anilines is 1. The van der Waals surface area contributed by atoms with Crippen molar-refractivity contribution in [1.82, 2.24) is 14.5 Å². The fraction of sp³-hybridized carbons (Fsp3) is 0.235. The predicted octanol–water partition coefficient (Wildman–Crippen LogP) is 2.86. The van der Waals surface area contributed by atoms with Gasteiger partial charge in [0.2, 0.25) is 5.91 Å². The van der Waals surface area contributed by atoms with Crippen LogP contribution in [-0.2, 0) is 13.0 Å². The van der Waals surface area contributed by atoms with Crippen LogP contribution < -0.4 is 11.1 Å². The number of aryl methyl sites for hydroxylation is 1. The fourth-order valence-corrected chi connectivity index (χ4v) is 2.90. The summed E-state index contributed by atoms with van der Waals surface area (Å²) in [5.41, 5.74) is 7.63. The molecule has 0 unspecified atom stereocenters. The molecule has 7 heteroatoms. The zero-order chi connectivity index (χ0) is 17.1. The van der Waals surface area contributed by atoms with E-state index in [1.165, 1.54) is 12.3 Å². The van der Waals surface area contributed by atoms with Crippen LogP contribution in [0.3, 0.4) is 0 Å². The zero-order valence-electron chi connectivity index (χ0n) is 13.3. The lowest BCUT2D eigenvalue weighted by molar-refractivity contribution is 0.1000. The van der Waals surface area contributed by atoms with Crippen molar-refractivity contribution in [3.05, 3.63) is 52.9 Å². The second kappa shape index (κ2) is 6.88. The summed E-state index contributed by atoms with van der Waals surface area (Å²) in [6.07, 6.45) is 2.15. The van der Waals surface area contributed by atoms with Gasteiger partial charge in [-0.2, -0.15) is 0 Å². The number of imidazole rings is 1. The molecule has 2 aromatic heterocycles. The smallest absolute Gasteiger partial charge is 0.250 e. The SMILES string of the molecule is CCn1c(CCNc2ncc(C(N)=O)cc2Cl)nc2ccccc21. The standard InChI is InChI=1S/C17H18ClN5O/c1-2-23-14-6-4-3-5-13(14)22-15(23)7-8-20-17-12(18)9-11(10-21-17)16(19)24/h3-6,9-10H,2,7-8H2,1H3,(H2,19,24)(H,20,21). The summed E-state index contributed by atoms with van der Waals surface area (Å²) in [6.45, 7) is 3.60.